The van der Waals surface area contributed by atoms with Gasteiger partial charge in [0.1, 0.15) is 30.2 Å². The lowest BCUT2D eigenvalue weighted by molar-refractivity contribution is -0.149. The summed E-state index contributed by atoms with van der Waals surface area (Å²) in [4.78, 5) is 90.1. The molecule has 0 spiro atoms. The minimum Gasteiger partial charge on any atom is -0.481 e. The van der Waals surface area contributed by atoms with E-state index in [1.165, 1.54) is 16.7 Å². The molecule has 8 N–H and O–H groups in total. The summed E-state index contributed by atoms with van der Waals surface area (Å²) in [6.45, 7) is 4.57. The minimum atomic E-state index is -1.54. The van der Waals surface area contributed by atoms with Gasteiger partial charge in [-0.1, -0.05) is 20.3 Å². The molecule has 5 amide bonds. The highest BCUT2D eigenvalue weighted by Gasteiger charge is 2.44. The Balaban J connectivity index is 2.13. The van der Waals surface area contributed by atoms with Crippen molar-refractivity contribution < 1.29 is 48.9 Å². The van der Waals surface area contributed by atoms with E-state index in [0.717, 1.165) is 0 Å². The van der Waals surface area contributed by atoms with Crippen molar-refractivity contribution in [2.24, 2.45) is 11.7 Å². The molecule has 0 aliphatic carbocycles. The zero-order valence-corrected chi connectivity index (χ0v) is 24.1. The summed E-state index contributed by atoms with van der Waals surface area (Å²) in [5.41, 5.74) is 5.68. The molecule has 0 radical (unpaired) electrons. The van der Waals surface area contributed by atoms with Gasteiger partial charge in [-0.05, 0) is 38.5 Å². The molecule has 0 bridgehead atoms. The summed E-state index contributed by atoms with van der Waals surface area (Å²) in [5.74, 6) is -6.23. The zero-order chi connectivity index (χ0) is 31.7. The Morgan fingerprint density at radius 3 is 2.02 bits per heavy atom. The molecule has 2 saturated heterocycles. The predicted octanol–water partition coefficient (Wildman–Crippen LogP) is -2.63. The van der Waals surface area contributed by atoms with Crippen molar-refractivity contribution in [3.8, 4) is 0 Å². The molecule has 0 aromatic rings. The number of hydrogen-bond donors (Lipinski definition) is 7. The van der Waals surface area contributed by atoms with Crippen molar-refractivity contribution in [1.29, 1.82) is 0 Å². The number of amides is 5. The lowest BCUT2D eigenvalue weighted by Crippen LogP contribution is -2.59. The van der Waals surface area contributed by atoms with E-state index >= 15 is 0 Å². The Labute approximate surface area is 243 Å². The number of nitrogens with zero attached hydrogens (tertiary/aromatic N) is 2. The van der Waals surface area contributed by atoms with Crippen molar-refractivity contribution in [3.05, 3.63) is 0 Å². The van der Waals surface area contributed by atoms with Gasteiger partial charge < -0.3 is 46.8 Å². The molecular formula is C26H42N6O10. The summed E-state index contributed by atoms with van der Waals surface area (Å²) < 4.78 is 0. The molecule has 236 valence electrons. The molecule has 0 unspecified atom stereocenters. The van der Waals surface area contributed by atoms with Crippen molar-refractivity contribution in [3.63, 3.8) is 0 Å². The van der Waals surface area contributed by atoms with Crippen LogP contribution >= 0.6 is 0 Å². The standard InChI is InChI=1S/C26H42N6O10/c1-4-13(2)20(30-22(37)15(27)11-19(34)35)25(40)32-10-6-8-18(32)24(39)31-9-5-7-17(31)23(38)28-14(3)21(36)29-16(12-33)26(41)42/h13-18,20,33H,4-12,27H2,1-3H3,(H,28,38)(H,29,36)(H,30,37)(H,34,35)(H,41,42)/t13-,14-,15-,16-,17-,18-,20-/m0/s1. The molecule has 2 aliphatic heterocycles. The van der Waals surface area contributed by atoms with Crippen molar-refractivity contribution in [2.45, 2.75) is 95.5 Å². The molecule has 7 atom stereocenters. The van der Waals surface area contributed by atoms with Crippen LogP contribution in [0.4, 0.5) is 0 Å². The van der Waals surface area contributed by atoms with Gasteiger partial charge in [0.25, 0.3) is 0 Å². The van der Waals surface area contributed by atoms with E-state index in [4.69, 9.17) is 21.1 Å². The summed E-state index contributed by atoms with van der Waals surface area (Å²) in [5, 5.41) is 34.2. The van der Waals surface area contributed by atoms with Crippen LogP contribution < -0.4 is 21.7 Å². The van der Waals surface area contributed by atoms with Crippen molar-refractivity contribution in [2.75, 3.05) is 19.7 Å². The predicted molar refractivity (Wildman–Crippen MR) is 145 cm³/mol. The van der Waals surface area contributed by atoms with E-state index in [-0.39, 0.29) is 19.0 Å². The molecule has 0 saturated carbocycles. The van der Waals surface area contributed by atoms with Gasteiger partial charge in [0.2, 0.25) is 29.5 Å². The maximum atomic E-state index is 13.7. The maximum Gasteiger partial charge on any atom is 0.328 e. The molecule has 0 aromatic carbocycles. The lowest BCUT2D eigenvalue weighted by Gasteiger charge is -2.34. The smallest absolute Gasteiger partial charge is 0.328 e. The van der Waals surface area contributed by atoms with Crippen LogP contribution in [0.2, 0.25) is 0 Å². The van der Waals surface area contributed by atoms with Crippen LogP contribution in [0.5, 0.6) is 0 Å². The number of carboxylic acids is 2. The van der Waals surface area contributed by atoms with E-state index < -0.39 is 90.8 Å². The fourth-order valence-corrected chi connectivity index (χ4v) is 5.04. The fourth-order valence-electron chi connectivity index (χ4n) is 5.04. The third-order valence-electron chi connectivity index (χ3n) is 7.72. The van der Waals surface area contributed by atoms with Crippen molar-refractivity contribution >= 4 is 41.5 Å². The van der Waals surface area contributed by atoms with E-state index in [1.807, 2.05) is 6.92 Å². The monoisotopic (exact) mass is 598 g/mol. The Morgan fingerprint density at radius 2 is 1.48 bits per heavy atom. The molecule has 2 aliphatic rings. The van der Waals surface area contributed by atoms with E-state index in [9.17, 15) is 33.6 Å². The van der Waals surface area contributed by atoms with Gasteiger partial charge in [0.05, 0.1) is 19.1 Å². The number of hydrogen-bond acceptors (Lipinski definition) is 9. The Bertz CT molecular complexity index is 1050. The van der Waals surface area contributed by atoms with E-state index in [1.54, 1.807) is 6.92 Å². The summed E-state index contributed by atoms with van der Waals surface area (Å²) >= 11 is 0. The number of aliphatic carboxylic acids is 2. The highest BCUT2D eigenvalue weighted by atomic mass is 16.4. The topological polar surface area (TPSA) is 249 Å². The van der Waals surface area contributed by atoms with Crippen LogP contribution in [0.1, 0.15) is 59.3 Å². The molecule has 0 aromatic heterocycles. The number of carboxylic acid groups (broad SMARTS) is 2. The van der Waals surface area contributed by atoms with Gasteiger partial charge in [-0.2, -0.15) is 0 Å². The highest BCUT2D eigenvalue weighted by Crippen LogP contribution is 2.27. The van der Waals surface area contributed by atoms with Crippen LogP contribution in [0.25, 0.3) is 0 Å². The van der Waals surface area contributed by atoms with Crippen LogP contribution in [0, 0.1) is 5.92 Å². The maximum absolute atomic E-state index is 13.7. The van der Waals surface area contributed by atoms with Crippen molar-refractivity contribution in [1.82, 2.24) is 25.8 Å². The van der Waals surface area contributed by atoms with E-state index in [0.29, 0.717) is 32.1 Å². The highest BCUT2D eigenvalue weighted by molar-refractivity contribution is 5.97. The third-order valence-corrected chi connectivity index (χ3v) is 7.72. The van der Waals surface area contributed by atoms with Gasteiger partial charge in [-0.25, -0.2) is 4.79 Å². The second-order valence-corrected chi connectivity index (χ2v) is 10.8. The number of carbonyl (C=O) groups excluding carboxylic acids is 5. The van der Waals surface area contributed by atoms with Gasteiger partial charge in [0, 0.05) is 13.1 Å². The Morgan fingerprint density at radius 1 is 0.881 bits per heavy atom. The van der Waals surface area contributed by atoms with Gasteiger partial charge in [-0.15, -0.1) is 0 Å². The molecule has 2 heterocycles. The fraction of sp³-hybridized carbons (Fsp3) is 0.731. The summed E-state index contributed by atoms with van der Waals surface area (Å²) in [7, 11) is 0. The quantitative estimate of drug-likeness (QED) is 0.109. The van der Waals surface area contributed by atoms with Gasteiger partial charge >= 0.3 is 11.9 Å². The SMILES string of the molecule is CC[C@H](C)[C@H](NC(=O)[C@@H](N)CC(=O)O)C(=O)N1CCC[C@H]1C(=O)N1CCC[C@H]1C(=O)N[C@@H](C)C(=O)N[C@@H](CO)C(=O)O. The first-order valence-electron chi connectivity index (χ1n) is 14.1. The first kappa shape index (κ1) is 34.4. The van der Waals surface area contributed by atoms with Crippen LogP contribution in [0.15, 0.2) is 0 Å². The number of carbonyl (C=O) groups is 7. The molecule has 16 heteroatoms. The Hall–Kier alpha value is -3.79. The van der Waals surface area contributed by atoms with Crippen LogP contribution in [-0.2, 0) is 33.6 Å². The zero-order valence-electron chi connectivity index (χ0n) is 24.1. The van der Waals surface area contributed by atoms with Crippen LogP contribution in [-0.4, -0.2) is 123 Å². The number of aliphatic hydroxyl groups excluding tert-OH is 1. The van der Waals surface area contributed by atoms with Gasteiger partial charge in [0.15, 0.2) is 0 Å². The summed E-state index contributed by atoms with van der Waals surface area (Å²) in [6, 6.07) is -6.89. The van der Waals surface area contributed by atoms with Gasteiger partial charge in [-0.3, -0.25) is 28.8 Å². The van der Waals surface area contributed by atoms with Crippen LogP contribution in [0.3, 0.4) is 0 Å². The first-order chi connectivity index (χ1) is 19.7. The Kier molecular flexibility index (Phi) is 12.7. The molecule has 2 rings (SSSR count). The largest absolute Gasteiger partial charge is 0.481 e. The number of aliphatic hydroxyl groups is 1. The number of nitrogens with two attached hydrogens (primary N) is 1. The minimum absolute atomic E-state index is 0.247. The molecular weight excluding hydrogens is 556 g/mol. The second kappa shape index (κ2) is 15.4. The molecule has 16 nitrogen and oxygen atoms in total. The second-order valence-electron chi connectivity index (χ2n) is 10.8. The lowest BCUT2D eigenvalue weighted by atomic mass is 9.96. The normalized spacial score (nSPS) is 21.9. The third kappa shape index (κ3) is 8.61. The molecule has 2 fully saturated rings. The average Bonchev–Trinajstić information content (AvgIpc) is 3.63. The number of nitrogens with one attached hydrogen (secondary N) is 3. The first-order valence-corrected chi connectivity index (χ1v) is 14.1. The van der Waals surface area contributed by atoms with E-state index in [2.05, 4.69) is 16.0 Å². The average molecular weight is 599 g/mol. The summed E-state index contributed by atoms with van der Waals surface area (Å²) in [6.07, 6.45) is 1.56. The molecule has 42 heavy (non-hydrogen) atoms. The number of likely N-dealkylation sites (tertiary alicyclic amines) is 2. The number of rotatable bonds is 14.